The van der Waals surface area contributed by atoms with Gasteiger partial charge in [-0.1, -0.05) is 12.1 Å². The largest absolute Gasteiger partial charge is 0.378 e. The van der Waals surface area contributed by atoms with E-state index in [-0.39, 0.29) is 5.91 Å². The fraction of sp³-hybridized carbons (Fsp3) is 0.400. The smallest absolute Gasteiger partial charge is 0.242 e. The lowest BCUT2D eigenvalue weighted by Crippen LogP contribution is -2.42. The van der Waals surface area contributed by atoms with Crippen LogP contribution >= 0.6 is 0 Å². The second-order valence-corrected chi connectivity index (χ2v) is 5.03. The van der Waals surface area contributed by atoms with Gasteiger partial charge in [-0.25, -0.2) is 0 Å². The number of hydrogen-bond acceptors (Lipinski definition) is 3. The normalized spacial score (nSPS) is 15.8. The Morgan fingerprint density at radius 1 is 1.25 bits per heavy atom. The van der Waals surface area contributed by atoms with Gasteiger partial charge in [0.1, 0.15) is 6.54 Å². The molecule has 0 atom stereocenters. The monoisotopic (exact) mass is 273 g/mol. The minimum absolute atomic E-state index is 0.143. The highest BCUT2D eigenvalue weighted by Crippen LogP contribution is 2.18. The Balaban J connectivity index is 1.81. The van der Waals surface area contributed by atoms with Gasteiger partial charge < -0.3 is 19.9 Å². The molecule has 0 unspecified atom stereocenters. The van der Waals surface area contributed by atoms with Gasteiger partial charge >= 0.3 is 0 Å². The molecule has 1 amide bonds. The van der Waals surface area contributed by atoms with E-state index >= 15 is 0 Å². The average molecular weight is 273 g/mol. The predicted octanol–water partition coefficient (Wildman–Crippen LogP) is 0.959. The molecule has 0 bridgehead atoms. The maximum atomic E-state index is 12.3. The third-order valence-corrected chi connectivity index (χ3v) is 3.74. The molecule has 5 nitrogen and oxygen atoms in total. The Bertz CT molecular complexity index is 615. The Morgan fingerprint density at radius 3 is 2.80 bits per heavy atom. The van der Waals surface area contributed by atoms with Crippen molar-refractivity contribution >= 4 is 16.8 Å². The summed E-state index contributed by atoms with van der Waals surface area (Å²) in [6.07, 6.45) is 1.96. The lowest BCUT2D eigenvalue weighted by Gasteiger charge is -2.27. The molecule has 20 heavy (non-hydrogen) atoms. The molecule has 1 saturated heterocycles. The van der Waals surface area contributed by atoms with Crippen molar-refractivity contribution < 1.29 is 9.53 Å². The summed E-state index contributed by atoms with van der Waals surface area (Å²) in [7, 11) is 0. The highest BCUT2D eigenvalue weighted by molar-refractivity contribution is 5.84. The van der Waals surface area contributed by atoms with Crippen molar-refractivity contribution in [1.29, 1.82) is 0 Å². The first kappa shape index (κ1) is 13.1. The van der Waals surface area contributed by atoms with Gasteiger partial charge in [0, 0.05) is 31.3 Å². The average Bonchev–Trinajstić information content (AvgIpc) is 2.90. The van der Waals surface area contributed by atoms with Gasteiger partial charge in [-0.2, -0.15) is 0 Å². The highest BCUT2D eigenvalue weighted by atomic mass is 16.5. The summed E-state index contributed by atoms with van der Waals surface area (Å²) in [5.41, 5.74) is 7.82. The number of nitrogens with two attached hydrogens (primary N) is 1. The lowest BCUT2D eigenvalue weighted by molar-refractivity contribution is -0.135. The number of benzene rings is 1. The molecule has 3 rings (SSSR count). The van der Waals surface area contributed by atoms with Crippen LogP contribution in [0.15, 0.2) is 30.5 Å². The Hall–Kier alpha value is -1.85. The molecule has 1 aliphatic rings. The van der Waals surface area contributed by atoms with Gasteiger partial charge in [0.05, 0.1) is 13.2 Å². The molecule has 5 heteroatoms. The van der Waals surface area contributed by atoms with Crippen LogP contribution in [0, 0.1) is 0 Å². The lowest BCUT2D eigenvalue weighted by atomic mass is 10.1. The standard InChI is InChI=1S/C15H19N3O2/c16-10-12-1-2-13-3-4-18(14(13)9-12)11-15(19)17-5-7-20-8-6-17/h1-4,9H,5-8,10-11,16H2. The molecule has 1 aromatic carbocycles. The van der Waals surface area contributed by atoms with E-state index in [1.165, 1.54) is 0 Å². The first-order valence-electron chi connectivity index (χ1n) is 6.91. The van der Waals surface area contributed by atoms with Gasteiger partial charge in [0.25, 0.3) is 0 Å². The van der Waals surface area contributed by atoms with Gasteiger partial charge in [0.15, 0.2) is 0 Å². The summed E-state index contributed by atoms with van der Waals surface area (Å²) in [6.45, 7) is 3.53. The zero-order valence-electron chi connectivity index (χ0n) is 11.4. The Kier molecular flexibility index (Phi) is 3.71. The van der Waals surface area contributed by atoms with Crippen LogP contribution in [0.3, 0.4) is 0 Å². The molecule has 106 valence electrons. The van der Waals surface area contributed by atoms with E-state index in [4.69, 9.17) is 10.5 Å². The van der Waals surface area contributed by atoms with Gasteiger partial charge in [-0.15, -0.1) is 0 Å². The van der Waals surface area contributed by atoms with E-state index in [0.29, 0.717) is 39.4 Å². The Labute approximate surface area is 117 Å². The van der Waals surface area contributed by atoms with Crippen molar-refractivity contribution in [2.45, 2.75) is 13.1 Å². The van der Waals surface area contributed by atoms with Gasteiger partial charge in [0.2, 0.25) is 5.91 Å². The SMILES string of the molecule is NCc1ccc2ccn(CC(=O)N3CCOCC3)c2c1. The number of nitrogens with zero attached hydrogens (tertiary/aromatic N) is 2. The maximum Gasteiger partial charge on any atom is 0.242 e. The first-order chi connectivity index (χ1) is 9.78. The fourth-order valence-corrected chi connectivity index (χ4v) is 2.55. The van der Waals surface area contributed by atoms with Crippen LogP contribution in [0.25, 0.3) is 10.9 Å². The molecule has 0 aliphatic carbocycles. The second-order valence-electron chi connectivity index (χ2n) is 5.03. The summed E-state index contributed by atoms with van der Waals surface area (Å²) in [5, 5.41) is 1.14. The number of hydrogen-bond donors (Lipinski definition) is 1. The molecule has 2 heterocycles. The number of fused-ring (bicyclic) bond motifs is 1. The molecule has 2 N–H and O–H groups in total. The predicted molar refractivity (Wildman–Crippen MR) is 77.2 cm³/mol. The number of amides is 1. The summed E-state index contributed by atoms with van der Waals surface area (Å²) in [5.74, 6) is 0.143. The van der Waals surface area contributed by atoms with E-state index in [0.717, 1.165) is 16.5 Å². The van der Waals surface area contributed by atoms with Crippen LogP contribution in [0.1, 0.15) is 5.56 Å². The molecule has 0 radical (unpaired) electrons. The third kappa shape index (κ3) is 2.55. The third-order valence-electron chi connectivity index (χ3n) is 3.74. The van der Waals surface area contributed by atoms with Crippen LogP contribution in [-0.4, -0.2) is 41.7 Å². The molecule has 0 saturated carbocycles. The van der Waals surface area contributed by atoms with Crippen molar-refractivity contribution in [2.24, 2.45) is 5.73 Å². The number of rotatable bonds is 3. The summed E-state index contributed by atoms with van der Waals surface area (Å²) in [4.78, 5) is 14.2. The molecule has 2 aromatic rings. The van der Waals surface area contributed by atoms with Crippen molar-refractivity contribution in [3.63, 3.8) is 0 Å². The minimum Gasteiger partial charge on any atom is -0.378 e. The number of carbonyl (C=O) groups excluding carboxylic acids is 1. The molecule has 0 spiro atoms. The first-order valence-corrected chi connectivity index (χ1v) is 6.91. The van der Waals surface area contributed by atoms with E-state index < -0.39 is 0 Å². The van der Waals surface area contributed by atoms with Crippen molar-refractivity contribution in [3.05, 3.63) is 36.0 Å². The molecular formula is C15H19N3O2. The highest BCUT2D eigenvalue weighted by Gasteiger charge is 2.17. The zero-order valence-corrected chi connectivity index (χ0v) is 11.4. The topological polar surface area (TPSA) is 60.5 Å². The van der Waals surface area contributed by atoms with E-state index in [2.05, 4.69) is 6.07 Å². The van der Waals surface area contributed by atoms with Crippen molar-refractivity contribution in [1.82, 2.24) is 9.47 Å². The Morgan fingerprint density at radius 2 is 2.05 bits per heavy atom. The van der Waals surface area contributed by atoms with E-state index in [1.807, 2.05) is 33.9 Å². The van der Waals surface area contributed by atoms with Crippen LogP contribution < -0.4 is 5.73 Å². The van der Waals surface area contributed by atoms with Crippen molar-refractivity contribution in [2.75, 3.05) is 26.3 Å². The number of ether oxygens (including phenoxy) is 1. The fourth-order valence-electron chi connectivity index (χ4n) is 2.55. The zero-order chi connectivity index (χ0) is 13.9. The molecular weight excluding hydrogens is 254 g/mol. The van der Waals surface area contributed by atoms with E-state index in [1.54, 1.807) is 0 Å². The number of aromatic nitrogens is 1. The second kappa shape index (κ2) is 5.64. The minimum atomic E-state index is 0.143. The van der Waals surface area contributed by atoms with Gasteiger partial charge in [-0.3, -0.25) is 4.79 Å². The van der Waals surface area contributed by atoms with Crippen LogP contribution in [0.4, 0.5) is 0 Å². The maximum absolute atomic E-state index is 12.3. The molecule has 1 aliphatic heterocycles. The van der Waals surface area contributed by atoms with Crippen LogP contribution in [0.5, 0.6) is 0 Å². The number of carbonyl (C=O) groups is 1. The summed E-state index contributed by atoms with van der Waals surface area (Å²) < 4.78 is 7.26. The van der Waals surface area contributed by atoms with Crippen LogP contribution in [0.2, 0.25) is 0 Å². The number of morpholine rings is 1. The van der Waals surface area contributed by atoms with Gasteiger partial charge in [-0.05, 0) is 23.1 Å². The molecule has 1 aromatic heterocycles. The molecule has 1 fully saturated rings. The summed E-state index contributed by atoms with van der Waals surface area (Å²) in [6, 6.07) is 8.16. The van der Waals surface area contributed by atoms with Crippen LogP contribution in [-0.2, 0) is 22.6 Å². The van der Waals surface area contributed by atoms with Crippen molar-refractivity contribution in [3.8, 4) is 0 Å². The van der Waals surface area contributed by atoms with E-state index in [9.17, 15) is 4.79 Å². The summed E-state index contributed by atoms with van der Waals surface area (Å²) >= 11 is 0. The quantitative estimate of drug-likeness (QED) is 0.906.